The third-order valence-electron chi connectivity index (χ3n) is 4.23. The summed E-state index contributed by atoms with van der Waals surface area (Å²) in [6.45, 7) is 6.26. The van der Waals surface area contributed by atoms with Gasteiger partial charge in [0.1, 0.15) is 23.0 Å². The van der Waals surface area contributed by atoms with Crippen LogP contribution in [0.1, 0.15) is 38.1 Å². The van der Waals surface area contributed by atoms with Gasteiger partial charge in [0.2, 0.25) is 0 Å². The van der Waals surface area contributed by atoms with Gasteiger partial charge in [-0.1, -0.05) is 36.4 Å². The molecule has 0 aliphatic rings. The standard InChI is InChI=1S/C21H30N2O4S/c1-21(2,3)28(25)23-19(20(24)17-12-8-9-13-22-17)18(26-4)15-27-14-16-10-6-5-7-11-16/h5-13,18-20,23-24H,14-15H2,1-4H3/t18?,19?,20?,28-/m1/s1. The van der Waals surface area contributed by atoms with Crippen LogP contribution in [0.5, 0.6) is 0 Å². The number of rotatable bonds is 10. The molecule has 2 N–H and O–H groups in total. The van der Waals surface area contributed by atoms with Crippen molar-refractivity contribution >= 4 is 11.4 Å². The van der Waals surface area contributed by atoms with Crippen LogP contribution in [0.2, 0.25) is 0 Å². The molecule has 4 atom stereocenters. The van der Waals surface area contributed by atoms with Crippen LogP contribution in [0.3, 0.4) is 0 Å². The molecule has 2 aromatic rings. The first-order chi connectivity index (χ1) is 13.3. The second kappa shape index (κ2) is 10.9. The van der Waals surface area contributed by atoms with Crippen LogP contribution in [-0.4, -0.2) is 45.3 Å². The molecular formula is C21H30N2O4S. The summed E-state index contributed by atoms with van der Waals surface area (Å²) >= 11 is -1.40. The molecule has 6 nitrogen and oxygen atoms in total. The van der Waals surface area contributed by atoms with Crippen molar-refractivity contribution in [3.05, 3.63) is 66.0 Å². The fraction of sp³-hybridized carbons (Fsp3) is 0.476. The smallest absolute Gasteiger partial charge is 0.136 e. The van der Waals surface area contributed by atoms with Crippen LogP contribution >= 0.6 is 0 Å². The lowest BCUT2D eigenvalue weighted by molar-refractivity contribution is -0.0414. The number of ether oxygens (including phenoxy) is 2. The van der Waals surface area contributed by atoms with E-state index in [2.05, 4.69) is 9.71 Å². The van der Waals surface area contributed by atoms with Crippen molar-refractivity contribution < 1.29 is 19.1 Å². The Bertz CT molecular complexity index is 682. The zero-order valence-electron chi connectivity index (χ0n) is 16.9. The number of nitrogens with zero attached hydrogens (tertiary/aromatic N) is 1. The summed E-state index contributed by atoms with van der Waals surface area (Å²) in [6, 6.07) is 14.5. The molecule has 0 spiro atoms. The van der Waals surface area contributed by atoms with Crippen molar-refractivity contribution in [1.82, 2.24) is 9.71 Å². The summed E-state index contributed by atoms with van der Waals surface area (Å²) in [4.78, 5) is 4.23. The van der Waals surface area contributed by atoms with E-state index in [4.69, 9.17) is 9.47 Å². The number of benzene rings is 1. The molecule has 1 aromatic carbocycles. The number of aromatic nitrogens is 1. The minimum atomic E-state index is -1.40. The number of hydrogen-bond donors (Lipinski definition) is 2. The molecule has 3 unspecified atom stereocenters. The van der Waals surface area contributed by atoms with Gasteiger partial charge >= 0.3 is 0 Å². The highest BCUT2D eigenvalue weighted by atomic mass is 32.2. The maximum Gasteiger partial charge on any atom is 0.136 e. The zero-order chi connectivity index (χ0) is 20.6. The maximum atomic E-state index is 12.7. The Morgan fingerprint density at radius 3 is 2.39 bits per heavy atom. The van der Waals surface area contributed by atoms with Gasteiger partial charge in [0.05, 0.1) is 18.9 Å². The highest BCUT2D eigenvalue weighted by molar-refractivity contribution is 7.90. The molecule has 0 bridgehead atoms. The van der Waals surface area contributed by atoms with Gasteiger partial charge in [0.25, 0.3) is 0 Å². The maximum absolute atomic E-state index is 12.7. The molecule has 0 saturated carbocycles. The van der Waals surface area contributed by atoms with E-state index in [0.29, 0.717) is 12.3 Å². The van der Waals surface area contributed by atoms with E-state index in [1.54, 1.807) is 31.5 Å². The fourth-order valence-electron chi connectivity index (χ4n) is 2.56. The SMILES string of the molecule is COC(COCc1ccccc1)C(N[S@+]([O-])C(C)(C)C)C(O)c1ccccn1. The second-order valence-corrected chi connectivity index (χ2v) is 9.50. The van der Waals surface area contributed by atoms with E-state index in [1.807, 2.05) is 51.1 Å². The van der Waals surface area contributed by atoms with Gasteiger partial charge in [0.15, 0.2) is 0 Å². The number of hydrogen-bond acceptors (Lipinski definition) is 6. The quantitative estimate of drug-likeness (QED) is 0.590. The molecule has 0 aliphatic heterocycles. The molecule has 1 heterocycles. The third kappa shape index (κ3) is 6.84. The first-order valence-electron chi connectivity index (χ1n) is 9.24. The highest BCUT2D eigenvalue weighted by Gasteiger charge is 2.38. The Balaban J connectivity index is 2.12. The molecule has 28 heavy (non-hydrogen) atoms. The molecule has 0 fully saturated rings. The lowest BCUT2D eigenvalue weighted by Crippen LogP contribution is -2.53. The van der Waals surface area contributed by atoms with Crippen LogP contribution < -0.4 is 4.72 Å². The lowest BCUT2D eigenvalue weighted by atomic mass is 10.0. The molecule has 2 rings (SSSR count). The number of pyridine rings is 1. The van der Waals surface area contributed by atoms with Crippen molar-refractivity contribution in [3.63, 3.8) is 0 Å². The van der Waals surface area contributed by atoms with Crippen molar-refractivity contribution in [2.24, 2.45) is 0 Å². The van der Waals surface area contributed by atoms with E-state index >= 15 is 0 Å². The van der Waals surface area contributed by atoms with Crippen molar-refractivity contribution in [2.45, 2.75) is 50.4 Å². The Kier molecular flexibility index (Phi) is 8.88. The van der Waals surface area contributed by atoms with Crippen LogP contribution in [-0.2, 0) is 27.4 Å². The van der Waals surface area contributed by atoms with Crippen LogP contribution in [0.4, 0.5) is 0 Å². The van der Waals surface area contributed by atoms with Gasteiger partial charge in [-0.15, -0.1) is 4.72 Å². The molecule has 1 aromatic heterocycles. The van der Waals surface area contributed by atoms with Crippen molar-refractivity contribution in [1.29, 1.82) is 0 Å². The predicted molar refractivity (Wildman–Crippen MR) is 111 cm³/mol. The Morgan fingerprint density at radius 2 is 1.82 bits per heavy atom. The van der Waals surface area contributed by atoms with Gasteiger partial charge in [-0.3, -0.25) is 4.98 Å². The predicted octanol–water partition coefficient (Wildman–Crippen LogP) is 2.77. The van der Waals surface area contributed by atoms with Gasteiger partial charge in [0, 0.05) is 24.7 Å². The van der Waals surface area contributed by atoms with E-state index in [1.165, 1.54) is 0 Å². The van der Waals surface area contributed by atoms with Crippen LogP contribution in [0, 0.1) is 0 Å². The number of aliphatic hydroxyl groups excluding tert-OH is 1. The average Bonchev–Trinajstić information content (AvgIpc) is 2.70. The largest absolute Gasteiger partial charge is 0.598 e. The van der Waals surface area contributed by atoms with Gasteiger partial charge in [-0.25, -0.2) is 0 Å². The topological polar surface area (TPSA) is 86.7 Å². The lowest BCUT2D eigenvalue weighted by Gasteiger charge is -2.33. The van der Waals surface area contributed by atoms with E-state index in [-0.39, 0.29) is 6.61 Å². The normalized spacial score (nSPS) is 16.4. The van der Waals surface area contributed by atoms with E-state index < -0.39 is 34.4 Å². The summed E-state index contributed by atoms with van der Waals surface area (Å²) in [7, 11) is 1.55. The number of methoxy groups -OCH3 is 1. The molecule has 7 heteroatoms. The highest BCUT2D eigenvalue weighted by Crippen LogP contribution is 2.23. The number of nitrogens with one attached hydrogen (secondary N) is 1. The first-order valence-corrected chi connectivity index (χ1v) is 10.4. The zero-order valence-corrected chi connectivity index (χ0v) is 17.7. The van der Waals surface area contributed by atoms with Crippen molar-refractivity contribution in [2.75, 3.05) is 13.7 Å². The molecular weight excluding hydrogens is 376 g/mol. The Hall–Kier alpha value is -1.48. The van der Waals surface area contributed by atoms with E-state index in [0.717, 1.165) is 5.56 Å². The van der Waals surface area contributed by atoms with Gasteiger partial charge < -0.3 is 19.1 Å². The molecule has 0 amide bonds. The summed E-state index contributed by atoms with van der Waals surface area (Å²) in [5.41, 5.74) is 1.53. The van der Waals surface area contributed by atoms with Gasteiger partial charge in [-0.2, -0.15) is 0 Å². The fourth-order valence-corrected chi connectivity index (χ4v) is 3.45. The Morgan fingerprint density at radius 1 is 1.14 bits per heavy atom. The van der Waals surface area contributed by atoms with Crippen LogP contribution in [0.15, 0.2) is 54.7 Å². The molecule has 0 saturated heterocycles. The summed E-state index contributed by atoms with van der Waals surface area (Å²) in [5.74, 6) is 0. The van der Waals surface area contributed by atoms with Crippen LogP contribution in [0.25, 0.3) is 0 Å². The minimum Gasteiger partial charge on any atom is -0.598 e. The summed E-state index contributed by atoms with van der Waals surface area (Å²) < 4.78 is 26.6. The van der Waals surface area contributed by atoms with Gasteiger partial charge in [-0.05, 0) is 38.5 Å². The summed E-state index contributed by atoms with van der Waals surface area (Å²) in [6.07, 6.45) is 0.0918. The molecule has 0 aliphatic carbocycles. The monoisotopic (exact) mass is 406 g/mol. The molecule has 154 valence electrons. The van der Waals surface area contributed by atoms with E-state index in [9.17, 15) is 9.66 Å². The number of aliphatic hydroxyl groups is 1. The second-order valence-electron chi connectivity index (χ2n) is 7.50. The Labute approximate surface area is 170 Å². The summed E-state index contributed by atoms with van der Waals surface area (Å²) in [5, 5.41) is 10.9. The average molecular weight is 407 g/mol. The molecule has 0 radical (unpaired) electrons. The third-order valence-corrected chi connectivity index (χ3v) is 5.83. The first kappa shape index (κ1) is 22.8. The van der Waals surface area contributed by atoms with Crippen molar-refractivity contribution in [3.8, 4) is 0 Å². The minimum absolute atomic E-state index is 0.230.